The molecule has 8 heteroatoms. The third-order valence-corrected chi connectivity index (χ3v) is 4.26. The Bertz CT molecular complexity index is 661. The molecule has 1 N–H and O–H groups in total. The molecule has 0 unspecified atom stereocenters. The van der Waals surface area contributed by atoms with Crippen LogP contribution in [0.5, 0.6) is 0 Å². The molecule has 0 fully saturated rings. The second kappa shape index (κ2) is 6.84. The van der Waals surface area contributed by atoms with E-state index in [4.69, 9.17) is 0 Å². The van der Waals surface area contributed by atoms with Gasteiger partial charge in [0.15, 0.2) is 0 Å². The number of rotatable bonds is 4. The van der Waals surface area contributed by atoms with E-state index in [1.807, 2.05) is 13.8 Å². The average molecular weight is 407 g/mol. The largest absolute Gasteiger partial charge is 0.438 e. The summed E-state index contributed by atoms with van der Waals surface area (Å²) in [6, 6.07) is 5.95. The zero-order valence-corrected chi connectivity index (χ0v) is 14.9. The van der Waals surface area contributed by atoms with Crippen LogP contribution in [0.25, 0.3) is 0 Å². The third-order valence-electron chi connectivity index (χ3n) is 3.77. The van der Waals surface area contributed by atoms with Crippen LogP contribution in [0.4, 0.5) is 13.2 Å². The molecular formula is C16H18BrF3N2O2. The fourth-order valence-electron chi connectivity index (χ4n) is 2.39. The third kappa shape index (κ3) is 3.80. The molecule has 0 aliphatic carbocycles. The molecule has 1 aromatic rings. The van der Waals surface area contributed by atoms with Crippen molar-refractivity contribution in [1.82, 2.24) is 5.01 Å². The van der Waals surface area contributed by atoms with E-state index in [-0.39, 0.29) is 22.2 Å². The molecule has 0 aromatic heterocycles. The van der Waals surface area contributed by atoms with E-state index in [9.17, 15) is 23.1 Å². The molecule has 0 saturated carbocycles. The maximum Gasteiger partial charge on any atom is 0.438 e. The van der Waals surface area contributed by atoms with E-state index >= 15 is 0 Å². The van der Waals surface area contributed by atoms with Crippen molar-refractivity contribution in [1.29, 1.82) is 0 Å². The van der Waals surface area contributed by atoms with Crippen LogP contribution >= 0.6 is 15.9 Å². The van der Waals surface area contributed by atoms with Gasteiger partial charge >= 0.3 is 6.18 Å². The number of hydrogen-bond acceptors (Lipinski definition) is 3. The van der Waals surface area contributed by atoms with Gasteiger partial charge in [-0.3, -0.25) is 4.79 Å². The molecule has 24 heavy (non-hydrogen) atoms. The lowest BCUT2D eigenvalue weighted by atomic mass is 9.99. The first-order chi connectivity index (χ1) is 11.0. The van der Waals surface area contributed by atoms with Crippen molar-refractivity contribution in [3.63, 3.8) is 0 Å². The Morgan fingerprint density at radius 2 is 2.12 bits per heavy atom. The summed E-state index contributed by atoms with van der Waals surface area (Å²) in [6.07, 6.45) is -4.79. The Hall–Kier alpha value is -1.41. The van der Waals surface area contributed by atoms with Crippen molar-refractivity contribution < 1.29 is 23.1 Å². The van der Waals surface area contributed by atoms with Gasteiger partial charge in [-0.15, -0.1) is 0 Å². The highest BCUT2D eigenvalue weighted by molar-refractivity contribution is 9.10. The number of aliphatic hydroxyl groups is 1. The minimum Gasteiger partial charge on any atom is -0.362 e. The summed E-state index contributed by atoms with van der Waals surface area (Å²) in [6.45, 7) is 3.88. The Morgan fingerprint density at radius 1 is 1.46 bits per heavy atom. The molecule has 2 rings (SSSR count). The van der Waals surface area contributed by atoms with Crippen molar-refractivity contribution in [2.75, 3.05) is 0 Å². The fourth-order valence-corrected chi connectivity index (χ4v) is 2.79. The number of nitrogens with zero attached hydrogens (tertiary/aromatic N) is 2. The molecule has 0 bridgehead atoms. The standard InChI is InChI=1S/C16H18BrF3N2O2/c1-10(2)6-7-13-9-15(24,16(18,19)20)22(21-13)14(23)11-4-3-5-12(17)8-11/h3-5,8,10,24H,6-7,9H2,1-2H3/t15-/m1/s1. The summed E-state index contributed by atoms with van der Waals surface area (Å²) >= 11 is 3.17. The zero-order valence-electron chi connectivity index (χ0n) is 13.3. The van der Waals surface area contributed by atoms with Gasteiger partial charge < -0.3 is 5.11 Å². The first-order valence-electron chi connectivity index (χ1n) is 7.50. The van der Waals surface area contributed by atoms with Gasteiger partial charge in [0.25, 0.3) is 11.6 Å². The van der Waals surface area contributed by atoms with Crippen molar-refractivity contribution in [3.05, 3.63) is 34.3 Å². The molecule has 1 aliphatic heterocycles. The van der Waals surface area contributed by atoms with Crippen molar-refractivity contribution in [3.8, 4) is 0 Å². The lowest BCUT2D eigenvalue weighted by molar-refractivity contribution is -0.297. The molecule has 1 amide bonds. The molecule has 1 atom stereocenters. The highest BCUT2D eigenvalue weighted by atomic mass is 79.9. The van der Waals surface area contributed by atoms with Crippen LogP contribution < -0.4 is 0 Å². The first kappa shape index (κ1) is 18.9. The minimum atomic E-state index is -5.00. The van der Waals surface area contributed by atoms with Crippen LogP contribution in [0.3, 0.4) is 0 Å². The summed E-state index contributed by atoms with van der Waals surface area (Å²) in [5.41, 5.74) is -3.12. The Balaban J connectivity index is 2.35. The quantitative estimate of drug-likeness (QED) is 0.808. The second-order valence-electron chi connectivity index (χ2n) is 6.22. The number of hydrogen-bond donors (Lipinski definition) is 1. The Morgan fingerprint density at radius 3 is 2.67 bits per heavy atom. The number of carbonyl (C=O) groups is 1. The number of amides is 1. The van der Waals surface area contributed by atoms with Gasteiger partial charge in [0.2, 0.25) is 0 Å². The molecule has 0 radical (unpaired) electrons. The number of carbonyl (C=O) groups excluding carboxylic acids is 1. The lowest BCUT2D eigenvalue weighted by Gasteiger charge is -2.32. The maximum atomic E-state index is 13.4. The van der Waals surface area contributed by atoms with Gasteiger partial charge in [0.05, 0.1) is 0 Å². The number of hydrazone groups is 1. The second-order valence-corrected chi connectivity index (χ2v) is 7.13. The van der Waals surface area contributed by atoms with E-state index in [2.05, 4.69) is 21.0 Å². The van der Waals surface area contributed by atoms with Crippen LogP contribution in [0.15, 0.2) is 33.8 Å². The van der Waals surface area contributed by atoms with Crippen molar-refractivity contribution in [2.45, 2.75) is 45.0 Å². The van der Waals surface area contributed by atoms with Gasteiger partial charge in [-0.1, -0.05) is 35.8 Å². The van der Waals surface area contributed by atoms with Crippen molar-refractivity contribution >= 4 is 27.5 Å². The van der Waals surface area contributed by atoms with Crippen LogP contribution in [0, 0.1) is 5.92 Å². The van der Waals surface area contributed by atoms with E-state index in [0.717, 1.165) is 0 Å². The lowest BCUT2D eigenvalue weighted by Crippen LogP contribution is -2.56. The molecule has 1 heterocycles. The molecule has 132 valence electrons. The molecule has 0 saturated heterocycles. The summed E-state index contributed by atoms with van der Waals surface area (Å²) in [7, 11) is 0. The number of alkyl halides is 3. The predicted molar refractivity (Wildman–Crippen MR) is 87.4 cm³/mol. The number of halogens is 4. The van der Waals surface area contributed by atoms with Crippen LogP contribution in [0.2, 0.25) is 0 Å². The zero-order chi connectivity index (χ0) is 18.1. The van der Waals surface area contributed by atoms with Gasteiger partial charge in [-0.2, -0.15) is 23.3 Å². The van der Waals surface area contributed by atoms with Gasteiger partial charge in [0.1, 0.15) is 0 Å². The van der Waals surface area contributed by atoms with E-state index < -0.39 is 24.2 Å². The van der Waals surface area contributed by atoms with Gasteiger partial charge in [-0.25, -0.2) is 0 Å². The monoisotopic (exact) mass is 406 g/mol. The maximum absolute atomic E-state index is 13.4. The SMILES string of the molecule is CC(C)CCC1=NN(C(=O)c2cccc(Br)c2)[C@](O)(C(F)(F)F)C1. The molecule has 1 aliphatic rings. The number of benzene rings is 1. The van der Waals surface area contributed by atoms with E-state index in [0.29, 0.717) is 17.3 Å². The molecule has 0 spiro atoms. The van der Waals surface area contributed by atoms with E-state index in [1.165, 1.54) is 18.2 Å². The predicted octanol–water partition coefficient (Wildman–Crippen LogP) is 4.34. The molecular weight excluding hydrogens is 389 g/mol. The summed E-state index contributed by atoms with van der Waals surface area (Å²) in [4.78, 5) is 12.5. The van der Waals surface area contributed by atoms with Crippen LogP contribution in [-0.4, -0.2) is 33.6 Å². The minimum absolute atomic E-state index is 0.0147. The summed E-state index contributed by atoms with van der Waals surface area (Å²) < 4.78 is 40.7. The van der Waals surface area contributed by atoms with Gasteiger partial charge in [-0.05, 0) is 37.0 Å². The molecule has 1 aromatic carbocycles. The fraction of sp³-hybridized carbons (Fsp3) is 0.500. The normalized spacial score (nSPS) is 21.3. The smallest absolute Gasteiger partial charge is 0.362 e. The molecule has 4 nitrogen and oxygen atoms in total. The summed E-state index contributed by atoms with van der Waals surface area (Å²) in [5.74, 6) is -0.711. The average Bonchev–Trinajstić information content (AvgIpc) is 2.82. The highest BCUT2D eigenvalue weighted by Crippen LogP contribution is 2.41. The van der Waals surface area contributed by atoms with E-state index in [1.54, 1.807) is 6.07 Å². The van der Waals surface area contributed by atoms with Gasteiger partial charge in [0, 0.05) is 22.2 Å². The Labute approximate surface area is 146 Å². The summed E-state index contributed by atoms with van der Waals surface area (Å²) in [5, 5.41) is 14.1. The first-order valence-corrected chi connectivity index (χ1v) is 8.29. The van der Waals surface area contributed by atoms with Crippen LogP contribution in [0.1, 0.15) is 43.5 Å². The van der Waals surface area contributed by atoms with Crippen LogP contribution in [-0.2, 0) is 0 Å². The van der Waals surface area contributed by atoms with Crippen molar-refractivity contribution in [2.24, 2.45) is 11.0 Å². The Kier molecular flexibility index (Phi) is 5.39. The highest BCUT2D eigenvalue weighted by Gasteiger charge is 2.63. The topological polar surface area (TPSA) is 52.9 Å².